The number of hydrogen-bond acceptors (Lipinski definition) is 7. The molecule has 3 rings (SSSR count). The van der Waals surface area contributed by atoms with Crippen LogP contribution >= 0.6 is 0 Å². The summed E-state index contributed by atoms with van der Waals surface area (Å²) in [5.41, 5.74) is 4.23. The molecule has 1 aliphatic heterocycles. The number of unbranched alkanes of at least 4 members (excludes halogenated alkanes) is 3. The van der Waals surface area contributed by atoms with E-state index in [2.05, 4.69) is 34.5 Å². The summed E-state index contributed by atoms with van der Waals surface area (Å²) in [5.74, 6) is 0.229. The zero-order valence-electron chi connectivity index (χ0n) is 22.4. The molecule has 1 aliphatic rings. The lowest BCUT2D eigenvalue weighted by atomic mass is 10.0. The smallest absolute Gasteiger partial charge is 0.205 e. The largest absolute Gasteiger partial charge is 0.463 e. The average molecular weight is 501 g/mol. The van der Waals surface area contributed by atoms with Crippen molar-refractivity contribution in [3.8, 4) is 5.75 Å². The van der Waals surface area contributed by atoms with E-state index in [9.17, 15) is 5.11 Å². The summed E-state index contributed by atoms with van der Waals surface area (Å²) in [6.07, 6.45) is 3.89. The highest BCUT2D eigenvalue weighted by Gasteiger charge is 2.27. The molecule has 0 aromatic heterocycles. The fourth-order valence-corrected chi connectivity index (χ4v) is 4.06. The van der Waals surface area contributed by atoms with Gasteiger partial charge in [-0.2, -0.15) is 0 Å². The third-order valence-corrected chi connectivity index (χ3v) is 6.20. The Bertz CT molecular complexity index is 918. The Morgan fingerprint density at radius 3 is 2.64 bits per heavy atom. The number of nitrogens with zero attached hydrogens (tertiary/aromatic N) is 1. The van der Waals surface area contributed by atoms with Crippen LogP contribution in [0.15, 0.2) is 42.5 Å². The van der Waals surface area contributed by atoms with Crippen LogP contribution in [0.5, 0.6) is 5.75 Å². The van der Waals surface area contributed by atoms with Crippen LogP contribution in [0, 0.1) is 0 Å². The van der Waals surface area contributed by atoms with Gasteiger partial charge in [-0.1, -0.05) is 31.0 Å². The monoisotopic (exact) mass is 500 g/mol. The van der Waals surface area contributed by atoms with E-state index >= 15 is 0 Å². The van der Waals surface area contributed by atoms with Crippen molar-refractivity contribution in [3.05, 3.63) is 59.2 Å². The van der Waals surface area contributed by atoms with E-state index in [4.69, 9.17) is 18.9 Å². The molecule has 36 heavy (non-hydrogen) atoms. The molecule has 1 heterocycles. The molecule has 0 amide bonds. The first-order valence-electron chi connectivity index (χ1n) is 13.1. The summed E-state index contributed by atoms with van der Waals surface area (Å²) in [6, 6.07) is 14.2. The predicted octanol–water partition coefficient (Wildman–Crippen LogP) is 4.81. The summed E-state index contributed by atoms with van der Waals surface area (Å²) >= 11 is 0. The molecule has 0 fully saturated rings. The van der Waals surface area contributed by atoms with Gasteiger partial charge < -0.3 is 34.3 Å². The molecule has 2 N–H and O–H groups in total. The fourth-order valence-electron chi connectivity index (χ4n) is 4.06. The normalized spacial score (nSPS) is 15.2. The minimum atomic E-state index is -0.603. The average Bonchev–Trinajstić information content (AvgIpc) is 2.86. The summed E-state index contributed by atoms with van der Waals surface area (Å²) in [6.45, 7) is 8.36. The number of anilines is 1. The van der Waals surface area contributed by atoms with Crippen LogP contribution in [-0.4, -0.2) is 57.9 Å². The summed E-state index contributed by atoms with van der Waals surface area (Å²) in [7, 11) is 4.08. The van der Waals surface area contributed by atoms with Crippen LogP contribution in [0.2, 0.25) is 0 Å². The maximum atomic E-state index is 10.5. The zero-order chi connectivity index (χ0) is 25.8. The molecule has 2 aromatic rings. The second-order valence-corrected chi connectivity index (χ2v) is 10.0. The first kappa shape index (κ1) is 28.4. The zero-order valence-corrected chi connectivity index (χ0v) is 22.4. The molecule has 7 heteroatoms. The van der Waals surface area contributed by atoms with Gasteiger partial charge in [0.1, 0.15) is 5.75 Å². The third-order valence-electron chi connectivity index (χ3n) is 6.20. The molecule has 0 saturated carbocycles. The minimum Gasteiger partial charge on any atom is -0.463 e. The standard InChI is InChI=1S/C29H44N2O5/c1-29(2)35-22-25-19-24(12-13-28(25)36-29)27(32)20-30-14-7-5-6-8-15-33-16-17-34-21-23-10-9-11-26(18-23)31(3)4/h9-13,18-19,27,30,32H,5-8,14-17,20-22H2,1-4H3/t27-/m0/s1. The quantitative estimate of drug-likeness (QED) is 0.320. The van der Waals surface area contributed by atoms with Gasteiger partial charge in [0, 0.05) is 52.3 Å². The Kier molecular flexibility index (Phi) is 11.5. The molecule has 200 valence electrons. The van der Waals surface area contributed by atoms with Gasteiger partial charge in [0.25, 0.3) is 0 Å². The van der Waals surface area contributed by atoms with Gasteiger partial charge in [0.15, 0.2) is 0 Å². The number of hydrogen-bond donors (Lipinski definition) is 2. The summed E-state index contributed by atoms with van der Waals surface area (Å²) in [5, 5.41) is 13.9. The van der Waals surface area contributed by atoms with Crippen LogP contribution in [0.3, 0.4) is 0 Å². The molecule has 2 aromatic carbocycles. The molecule has 0 bridgehead atoms. The van der Waals surface area contributed by atoms with Crippen molar-refractivity contribution in [3.63, 3.8) is 0 Å². The van der Waals surface area contributed by atoms with Crippen LogP contribution in [0.25, 0.3) is 0 Å². The van der Waals surface area contributed by atoms with Gasteiger partial charge in [0.05, 0.1) is 32.5 Å². The van der Waals surface area contributed by atoms with E-state index in [0.29, 0.717) is 33.0 Å². The van der Waals surface area contributed by atoms with Gasteiger partial charge in [-0.15, -0.1) is 0 Å². The van der Waals surface area contributed by atoms with E-state index < -0.39 is 11.9 Å². The van der Waals surface area contributed by atoms with Crippen molar-refractivity contribution < 1.29 is 24.1 Å². The van der Waals surface area contributed by atoms with Crippen LogP contribution in [0.1, 0.15) is 62.3 Å². The minimum absolute atomic E-state index is 0.499. The second kappa shape index (κ2) is 14.5. The number of rotatable bonds is 16. The molecular formula is C29H44N2O5. The number of aliphatic hydroxyl groups is 1. The number of benzene rings is 2. The molecule has 0 spiro atoms. The Hall–Kier alpha value is -2.16. The maximum absolute atomic E-state index is 10.5. The van der Waals surface area contributed by atoms with E-state index in [1.165, 1.54) is 11.3 Å². The van der Waals surface area contributed by atoms with Crippen molar-refractivity contribution in [1.29, 1.82) is 0 Å². The number of fused-ring (bicyclic) bond motifs is 1. The molecule has 0 saturated heterocycles. The van der Waals surface area contributed by atoms with Crippen LogP contribution in [-0.2, 0) is 27.4 Å². The summed E-state index contributed by atoms with van der Waals surface area (Å²) < 4.78 is 22.9. The molecular weight excluding hydrogens is 456 g/mol. The molecule has 0 unspecified atom stereocenters. The van der Waals surface area contributed by atoms with Gasteiger partial charge >= 0.3 is 0 Å². The lowest BCUT2D eigenvalue weighted by Crippen LogP contribution is -2.35. The number of aliphatic hydroxyl groups excluding tert-OH is 1. The van der Waals surface area contributed by atoms with Crippen LogP contribution in [0.4, 0.5) is 5.69 Å². The highest BCUT2D eigenvalue weighted by Crippen LogP contribution is 2.32. The van der Waals surface area contributed by atoms with Crippen molar-refractivity contribution in [2.24, 2.45) is 0 Å². The fraction of sp³-hybridized carbons (Fsp3) is 0.586. The molecule has 7 nitrogen and oxygen atoms in total. The van der Waals surface area contributed by atoms with Crippen molar-refractivity contribution in [2.75, 3.05) is 51.9 Å². The van der Waals surface area contributed by atoms with Crippen molar-refractivity contribution in [2.45, 2.75) is 64.6 Å². The maximum Gasteiger partial charge on any atom is 0.205 e. The van der Waals surface area contributed by atoms with E-state index in [1.807, 2.05) is 46.1 Å². The lowest BCUT2D eigenvalue weighted by Gasteiger charge is -2.33. The van der Waals surface area contributed by atoms with Gasteiger partial charge in [-0.25, -0.2) is 0 Å². The first-order valence-corrected chi connectivity index (χ1v) is 13.1. The topological polar surface area (TPSA) is 72.4 Å². The Morgan fingerprint density at radius 2 is 1.81 bits per heavy atom. The molecule has 1 atom stereocenters. The Morgan fingerprint density at radius 1 is 1.00 bits per heavy atom. The third kappa shape index (κ3) is 9.71. The van der Waals surface area contributed by atoms with Gasteiger partial charge in [-0.3, -0.25) is 0 Å². The first-order chi connectivity index (χ1) is 17.3. The molecule has 0 aliphatic carbocycles. The highest BCUT2D eigenvalue weighted by atomic mass is 16.7. The van der Waals surface area contributed by atoms with Gasteiger partial charge in [0.2, 0.25) is 5.79 Å². The predicted molar refractivity (Wildman–Crippen MR) is 143 cm³/mol. The SMILES string of the molecule is CN(C)c1cccc(COCCOCCCCCCNC[C@H](O)c2ccc3c(c2)COC(C)(C)O3)c1. The van der Waals surface area contributed by atoms with Crippen molar-refractivity contribution >= 4 is 5.69 Å². The summed E-state index contributed by atoms with van der Waals surface area (Å²) in [4.78, 5) is 2.09. The second-order valence-electron chi connectivity index (χ2n) is 10.0. The number of ether oxygens (including phenoxy) is 4. The van der Waals surface area contributed by atoms with Crippen molar-refractivity contribution in [1.82, 2.24) is 5.32 Å². The number of nitrogens with one attached hydrogen (secondary N) is 1. The van der Waals surface area contributed by atoms with E-state index in [0.717, 1.165) is 55.7 Å². The van der Waals surface area contributed by atoms with E-state index in [1.54, 1.807) is 0 Å². The Balaban J connectivity index is 1.15. The van der Waals surface area contributed by atoms with Crippen LogP contribution < -0.4 is 15.0 Å². The van der Waals surface area contributed by atoms with Gasteiger partial charge in [-0.05, 0) is 54.8 Å². The lowest BCUT2D eigenvalue weighted by molar-refractivity contribution is -0.180. The highest BCUT2D eigenvalue weighted by molar-refractivity contribution is 5.47. The molecule has 0 radical (unpaired) electrons. The van der Waals surface area contributed by atoms with E-state index in [-0.39, 0.29) is 0 Å². The Labute approximate surface area is 216 Å².